The van der Waals surface area contributed by atoms with Crippen molar-refractivity contribution in [2.24, 2.45) is 7.05 Å². The lowest BCUT2D eigenvalue weighted by Gasteiger charge is -2.18. The first kappa shape index (κ1) is 15.7. The number of carbonyl (C=O) groups excluding carboxylic acids is 1. The first-order chi connectivity index (χ1) is 11.6. The van der Waals surface area contributed by atoms with Crippen molar-refractivity contribution in [1.82, 2.24) is 24.6 Å². The van der Waals surface area contributed by atoms with Crippen LogP contribution in [0.25, 0.3) is 11.4 Å². The van der Waals surface area contributed by atoms with Crippen molar-refractivity contribution in [3.63, 3.8) is 0 Å². The van der Waals surface area contributed by atoms with Gasteiger partial charge in [0.2, 0.25) is 0 Å². The van der Waals surface area contributed by atoms with Crippen LogP contribution in [0.4, 0.5) is 10.5 Å². The average Bonchev–Trinajstić information content (AvgIpc) is 3.02. The number of amides is 2. The minimum absolute atomic E-state index is 0.190. The van der Waals surface area contributed by atoms with E-state index in [4.69, 9.17) is 0 Å². The van der Waals surface area contributed by atoms with E-state index in [-0.39, 0.29) is 6.03 Å². The molecule has 3 rings (SSSR count). The molecule has 1 N–H and O–H groups in total. The zero-order valence-electron chi connectivity index (χ0n) is 13.5. The Balaban J connectivity index is 1.68. The summed E-state index contributed by atoms with van der Waals surface area (Å²) in [6.45, 7) is 0.487. The SMILES string of the molecule is CN(Cc1cccnc1)C(=O)Nc1cccc(-c2ncn(C)n2)c1. The molecule has 0 saturated heterocycles. The molecule has 2 aromatic heterocycles. The van der Waals surface area contributed by atoms with Crippen LogP contribution in [-0.2, 0) is 13.6 Å². The highest BCUT2D eigenvalue weighted by Crippen LogP contribution is 2.19. The van der Waals surface area contributed by atoms with E-state index in [2.05, 4.69) is 20.4 Å². The van der Waals surface area contributed by atoms with Crippen LogP contribution in [-0.4, -0.2) is 37.7 Å². The molecule has 0 aliphatic heterocycles. The van der Waals surface area contributed by atoms with Gasteiger partial charge in [0, 0.05) is 44.3 Å². The number of urea groups is 1. The molecule has 0 spiro atoms. The second-order valence-corrected chi connectivity index (χ2v) is 5.47. The molecule has 0 bridgehead atoms. The number of nitrogens with one attached hydrogen (secondary N) is 1. The topological polar surface area (TPSA) is 75.9 Å². The zero-order valence-corrected chi connectivity index (χ0v) is 13.5. The van der Waals surface area contributed by atoms with E-state index in [9.17, 15) is 4.79 Å². The highest BCUT2D eigenvalue weighted by atomic mass is 16.2. The van der Waals surface area contributed by atoms with Crippen LogP contribution in [0.15, 0.2) is 55.1 Å². The van der Waals surface area contributed by atoms with Gasteiger partial charge >= 0.3 is 6.03 Å². The second kappa shape index (κ2) is 6.91. The highest BCUT2D eigenvalue weighted by molar-refractivity contribution is 5.89. The lowest BCUT2D eigenvalue weighted by atomic mass is 10.2. The van der Waals surface area contributed by atoms with Gasteiger partial charge < -0.3 is 10.2 Å². The van der Waals surface area contributed by atoms with Gasteiger partial charge in [0.25, 0.3) is 0 Å². The highest BCUT2D eigenvalue weighted by Gasteiger charge is 2.11. The number of hydrogen-bond donors (Lipinski definition) is 1. The summed E-state index contributed by atoms with van der Waals surface area (Å²) in [5.41, 5.74) is 2.52. The van der Waals surface area contributed by atoms with E-state index in [1.165, 1.54) is 0 Å². The molecule has 0 unspecified atom stereocenters. The third kappa shape index (κ3) is 3.75. The molecule has 0 radical (unpaired) electrons. The van der Waals surface area contributed by atoms with Crippen molar-refractivity contribution < 1.29 is 4.79 Å². The predicted octanol–water partition coefficient (Wildman–Crippen LogP) is 2.54. The Labute approximate surface area is 140 Å². The summed E-state index contributed by atoms with van der Waals surface area (Å²) in [7, 11) is 3.56. The first-order valence-electron chi connectivity index (χ1n) is 7.49. The summed E-state index contributed by atoms with van der Waals surface area (Å²) in [6, 6.07) is 11.1. The normalized spacial score (nSPS) is 10.4. The Morgan fingerprint density at radius 1 is 1.29 bits per heavy atom. The Kier molecular flexibility index (Phi) is 4.51. The van der Waals surface area contributed by atoms with Crippen LogP contribution < -0.4 is 5.32 Å². The van der Waals surface area contributed by atoms with E-state index in [0.29, 0.717) is 18.1 Å². The molecule has 122 valence electrons. The van der Waals surface area contributed by atoms with Crippen molar-refractivity contribution in [2.75, 3.05) is 12.4 Å². The quantitative estimate of drug-likeness (QED) is 0.801. The minimum atomic E-state index is -0.190. The zero-order chi connectivity index (χ0) is 16.9. The van der Waals surface area contributed by atoms with Gasteiger partial charge in [-0.3, -0.25) is 9.67 Å². The summed E-state index contributed by atoms with van der Waals surface area (Å²) in [4.78, 5) is 22.2. The van der Waals surface area contributed by atoms with Crippen LogP contribution >= 0.6 is 0 Å². The Hall–Kier alpha value is -3.22. The van der Waals surface area contributed by atoms with Gasteiger partial charge in [-0.1, -0.05) is 18.2 Å². The standard InChI is InChI=1S/C17H18N6O/c1-22(11-13-5-4-8-18-10-13)17(24)20-15-7-3-6-14(9-15)16-19-12-23(2)21-16/h3-10,12H,11H2,1-2H3,(H,20,24). The lowest BCUT2D eigenvalue weighted by Crippen LogP contribution is -2.30. The summed E-state index contributed by atoms with van der Waals surface area (Å²) in [5.74, 6) is 0.623. The minimum Gasteiger partial charge on any atom is -0.323 e. The van der Waals surface area contributed by atoms with Gasteiger partial charge in [-0.2, -0.15) is 5.10 Å². The van der Waals surface area contributed by atoms with Crippen molar-refractivity contribution in [3.8, 4) is 11.4 Å². The predicted molar refractivity (Wildman–Crippen MR) is 91.2 cm³/mol. The van der Waals surface area contributed by atoms with Gasteiger partial charge in [-0.15, -0.1) is 0 Å². The van der Waals surface area contributed by atoms with E-state index >= 15 is 0 Å². The summed E-state index contributed by atoms with van der Waals surface area (Å²) < 4.78 is 1.64. The lowest BCUT2D eigenvalue weighted by molar-refractivity contribution is 0.220. The van der Waals surface area contributed by atoms with E-state index in [1.807, 2.05) is 43.4 Å². The molecule has 7 nitrogen and oxygen atoms in total. The first-order valence-corrected chi connectivity index (χ1v) is 7.49. The smallest absolute Gasteiger partial charge is 0.321 e. The van der Waals surface area contributed by atoms with Gasteiger partial charge in [-0.05, 0) is 23.8 Å². The maximum Gasteiger partial charge on any atom is 0.321 e. The van der Waals surface area contributed by atoms with Crippen LogP contribution in [0.2, 0.25) is 0 Å². The number of aromatic nitrogens is 4. The van der Waals surface area contributed by atoms with Gasteiger partial charge in [0.15, 0.2) is 5.82 Å². The maximum atomic E-state index is 12.3. The van der Waals surface area contributed by atoms with Gasteiger partial charge in [-0.25, -0.2) is 9.78 Å². The van der Waals surface area contributed by atoms with E-state index in [1.54, 1.807) is 35.4 Å². The molecule has 0 fully saturated rings. The van der Waals surface area contributed by atoms with Crippen LogP contribution in [0.3, 0.4) is 0 Å². The largest absolute Gasteiger partial charge is 0.323 e. The molecule has 2 heterocycles. The fourth-order valence-corrected chi connectivity index (χ4v) is 2.26. The summed E-state index contributed by atoms with van der Waals surface area (Å²) >= 11 is 0. The number of anilines is 1. The number of pyridine rings is 1. The molecule has 0 atom stereocenters. The van der Waals surface area contributed by atoms with Gasteiger partial charge in [0.1, 0.15) is 6.33 Å². The molecule has 0 aliphatic carbocycles. The van der Waals surface area contributed by atoms with Crippen molar-refractivity contribution >= 4 is 11.7 Å². The number of hydrogen-bond acceptors (Lipinski definition) is 4. The number of carbonyl (C=O) groups is 1. The van der Waals surface area contributed by atoms with E-state index < -0.39 is 0 Å². The summed E-state index contributed by atoms with van der Waals surface area (Å²) in [5, 5.41) is 7.15. The third-order valence-electron chi connectivity index (χ3n) is 3.46. The summed E-state index contributed by atoms with van der Waals surface area (Å²) in [6.07, 6.45) is 5.10. The Morgan fingerprint density at radius 2 is 2.17 bits per heavy atom. The number of aryl methyl sites for hydroxylation is 1. The van der Waals surface area contributed by atoms with Crippen LogP contribution in [0.1, 0.15) is 5.56 Å². The molecular formula is C17H18N6O. The molecule has 1 aromatic carbocycles. The van der Waals surface area contributed by atoms with Crippen molar-refractivity contribution in [2.45, 2.75) is 6.54 Å². The third-order valence-corrected chi connectivity index (χ3v) is 3.46. The molecule has 3 aromatic rings. The molecule has 0 aliphatic rings. The van der Waals surface area contributed by atoms with Crippen molar-refractivity contribution in [1.29, 1.82) is 0 Å². The number of benzene rings is 1. The Bertz CT molecular complexity index is 830. The fourth-order valence-electron chi connectivity index (χ4n) is 2.26. The monoisotopic (exact) mass is 322 g/mol. The Morgan fingerprint density at radius 3 is 2.88 bits per heavy atom. The van der Waals surface area contributed by atoms with E-state index in [0.717, 1.165) is 11.1 Å². The van der Waals surface area contributed by atoms with Crippen LogP contribution in [0.5, 0.6) is 0 Å². The number of rotatable bonds is 4. The van der Waals surface area contributed by atoms with Gasteiger partial charge in [0.05, 0.1) is 0 Å². The molecule has 2 amide bonds. The molecule has 0 saturated carbocycles. The van der Waals surface area contributed by atoms with Crippen molar-refractivity contribution in [3.05, 3.63) is 60.7 Å². The molecular weight excluding hydrogens is 304 g/mol. The average molecular weight is 322 g/mol. The second-order valence-electron chi connectivity index (χ2n) is 5.47. The van der Waals surface area contributed by atoms with Crippen LogP contribution in [0, 0.1) is 0 Å². The molecule has 7 heteroatoms. The molecule has 24 heavy (non-hydrogen) atoms. The fraction of sp³-hybridized carbons (Fsp3) is 0.176. The number of nitrogens with zero attached hydrogens (tertiary/aromatic N) is 5. The maximum absolute atomic E-state index is 12.3.